The van der Waals surface area contributed by atoms with E-state index in [0.717, 1.165) is 6.26 Å². The summed E-state index contributed by atoms with van der Waals surface area (Å²) in [6.45, 7) is 0. The van der Waals surface area contributed by atoms with Crippen LogP contribution in [-0.4, -0.2) is 32.6 Å². The Kier molecular flexibility index (Phi) is 3.44. The summed E-state index contributed by atoms with van der Waals surface area (Å²) in [4.78, 5) is 14.8. The molecular weight excluding hydrogens is 266 g/mol. The van der Waals surface area contributed by atoms with E-state index in [-0.39, 0.29) is 16.5 Å². The van der Waals surface area contributed by atoms with Crippen LogP contribution in [0.25, 0.3) is 0 Å². The Morgan fingerprint density at radius 1 is 1.21 bits per heavy atom. The molecule has 6 heteroatoms. The first-order valence-corrected chi connectivity index (χ1v) is 7.39. The second-order valence-electron chi connectivity index (χ2n) is 4.07. The van der Waals surface area contributed by atoms with E-state index in [1.54, 1.807) is 24.3 Å². The molecule has 1 aromatic heterocycles. The highest BCUT2D eigenvalue weighted by atomic mass is 32.2. The van der Waals surface area contributed by atoms with E-state index < -0.39 is 9.84 Å². The van der Waals surface area contributed by atoms with E-state index in [9.17, 15) is 13.2 Å². The van der Waals surface area contributed by atoms with Crippen molar-refractivity contribution in [2.75, 3.05) is 13.4 Å². The number of carbonyl (C=O) groups is 1. The highest BCUT2D eigenvalue weighted by molar-refractivity contribution is 7.90. The third-order valence-corrected chi connectivity index (χ3v) is 3.67. The van der Waals surface area contributed by atoms with Gasteiger partial charge in [-0.2, -0.15) is 0 Å². The Morgan fingerprint density at radius 2 is 1.95 bits per heavy atom. The van der Waals surface area contributed by atoms with Crippen LogP contribution in [0.3, 0.4) is 0 Å². The van der Waals surface area contributed by atoms with Gasteiger partial charge in [-0.1, -0.05) is 12.1 Å². The summed E-state index contributed by atoms with van der Waals surface area (Å²) >= 11 is 0. The van der Waals surface area contributed by atoms with Gasteiger partial charge in [-0.05, 0) is 24.3 Å². The zero-order chi connectivity index (χ0) is 14.0. The fraction of sp³-hybridized carbons (Fsp3) is 0.154. The number of rotatable bonds is 4. The van der Waals surface area contributed by atoms with Crippen LogP contribution in [0.5, 0.6) is 5.75 Å². The van der Waals surface area contributed by atoms with Gasteiger partial charge in [0.2, 0.25) is 5.78 Å². The van der Waals surface area contributed by atoms with Crippen LogP contribution in [0.4, 0.5) is 0 Å². The van der Waals surface area contributed by atoms with Gasteiger partial charge >= 0.3 is 0 Å². The molecule has 0 bridgehead atoms. The van der Waals surface area contributed by atoms with Gasteiger partial charge in [-0.3, -0.25) is 4.79 Å². The van der Waals surface area contributed by atoms with E-state index in [1.165, 1.54) is 19.2 Å². The van der Waals surface area contributed by atoms with Crippen molar-refractivity contribution in [2.24, 2.45) is 0 Å². The van der Waals surface area contributed by atoms with Crippen molar-refractivity contribution in [2.45, 2.75) is 5.03 Å². The largest absolute Gasteiger partial charge is 0.497 e. The summed E-state index contributed by atoms with van der Waals surface area (Å²) in [7, 11) is -1.83. The van der Waals surface area contributed by atoms with Crippen molar-refractivity contribution in [1.82, 2.24) is 4.98 Å². The molecule has 0 amide bonds. The Hall–Kier alpha value is -2.08. The van der Waals surface area contributed by atoms with Gasteiger partial charge in [0, 0.05) is 11.8 Å². The maximum atomic E-state index is 12.2. The van der Waals surface area contributed by atoms with Crippen molar-refractivity contribution in [1.29, 1.82) is 0 Å². The highest BCUT2D eigenvalue weighted by Crippen LogP contribution is 2.17. The van der Waals surface area contributed by atoms with Gasteiger partial charge < -0.3 is 9.72 Å². The molecule has 0 saturated heterocycles. The van der Waals surface area contributed by atoms with E-state index >= 15 is 0 Å². The number of nitrogens with one attached hydrogen (secondary N) is 1. The van der Waals surface area contributed by atoms with Gasteiger partial charge in [0.05, 0.1) is 12.8 Å². The first-order valence-electron chi connectivity index (χ1n) is 5.49. The predicted octanol–water partition coefficient (Wildman–Crippen LogP) is 1.66. The molecule has 0 unspecified atom stereocenters. The van der Waals surface area contributed by atoms with E-state index in [2.05, 4.69) is 4.98 Å². The third-order valence-electron chi connectivity index (χ3n) is 2.64. The monoisotopic (exact) mass is 279 g/mol. The number of hydrogen-bond donors (Lipinski definition) is 1. The van der Waals surface area contributed by atoms with Crippen LogP contribution in [0.2, 0.25) is 0 Å². The van der Waals surface area contributed by atoms with Crippen LogP contribution in [0.15, 0.2) is 41.4 Å². The SMILES string of the molecule is COc1cccc(C(=O)c2ccc(S(C)(=O)=O)[nH]2)c1. The molecule has 0 aliphatic rings. The molecule has 0 saturated carbocycles. The summed E-state index contributed by atoms with van der Waals surface area (Å²) in [5.74, 6) is 0.287. The second-order valence-corrected chi connectivity index (χ2v) is 6.05. The standard InChI is InChI=1S/C13H13NO4S/c1-18-10-5-3-4-9(8-10)13(15)11-6-7-12(14-11)19(2,16)17/h3-8,14H,1-2H3. The average molecular weight is 279 g/mol. The zero-order valence-electron chi connectivity index (χ0n) is 10.5. The van der Waals surface area contributed by atoms with Crippen LogP contribution < -0.4 is 4.74 Å². The fourth-order valence-electron chi connectivity index (χ4n) is 1.64. The number of aromatic amines is 1. The Labute approximate surface area is 111 Å². The molecule has 100 valence electrons. The summed E-state index contributed by atoms with van der Waals surface area (Å²) < 4.78 is 27.7. The van der Waals surface area contributed by atoms with Crippen LogP contribution >= 0.6 is 0 Å². The summed E-state index contributed by atoms with van der Waals surface area (Å²) in [6.07, 6.45) is 1.08. The Balaban J connectivity index is 2.36. The molecule has 1 heterocycles. The predicted molar refractivity (Wildman–Crippen MR) is 70.3 cm³/mol. The molecule has 0 atom stereocenters. The van der Waals surface area contributed by atoms with Gasteiger partial charge in [0.25, 0.3) is 0 Å². The second kappa shape index (κ2) is 4.89. The van der Waals surface area contributed by atoms with Gasteiger partial charge in [0.1, 0.15) is 10.8 Å². The topological polar surface area (TPSA) is 76.2 Å². The van der Waals surface area contributed by atoms with Crippen molar-refractivity contribution >= 4 is 15.6 Å². The number of ketones is 1. The third kappa shape index (κ3) is 2.85. The average Bonchev–Trinajstić information content (AvgIpc) is 2.87. The minimum absolute atomic E-state index is 0.0266. The molecule has 2 aromatic rings. The lowest BCUT2D eigenvalue weighted by atomic mass is 10.1. The molecule has 0 aliphatic heterocycles. The maximum Gasteiger partial charge on any atom is 0.209 e. The normalized spacial score (nSPS) is 11.3. The first-order chi connectivity index (χ1) is 8.91. The lowest BCUT2D eigenvalue weighted by molar-refractivity contribution is 0.103. The molecule has 19 heavy (non-hydrogen) atoms. The number of hydrogen-bond acceptors (Lipinski definition) is 4. The van der Waals surface area contributed by atoms with E-state index in [0.29, 0.717) is 11.3 Å². The quantitative estimate of drug-likeness (QED) is 0.863. The smallest absolute Gasteiger partial charge is 0.209 e. The molecule has 0 spiro atoms. The van der Waals surface area contributed by atoms with Gasteiger partial charge in [-0.25, -0.2) is 8.42 Å². The number of carbonyl (C=O) groups excluding carboxylic acids is 1. The molecule has 1 N–H and O–H groups in total. The van der Waals surface area contributed by atoms with Crippen molar-refractivity contribution in [3.8, 4) is 5.75 Å². The lowest BCUT2D eigenvalue weighted by Crippen LogP contribution is -2.04. The molecule has 0 aliphatic carbocycles. The first kappa shape index (κ1) is 13.4. The van der Waals surface area contributed by atoms with E-state index in [4.69, 9.17) is 4.74 Å². The molecule has 0 fully saturated rings. The molecular formula is C13H13NO4S. The van der Waals surface area contributed by atoms with Crippen LogP contribution in [-0.2, 0) is 9.84 Å². The number of sulfone groups is 1. The van der Waals surface area contributed by atoms with Crippen molar-refractivity contribution in [3.05, 3.63) is 47.7 Å². The maximum absolute atomic E-state index is 12.2. The minimum atomic E-state index is -3.34. The number of benzene rings is 1. The summed E-state index contributed by atoms with van der Waals surface area (Å²) in [5.41, 5.74) is 0.662. The molecule has 0 radical (unpaired) electrons. The molecule has 2 rings (SSSR count). The van der Waals surface area contributed by atoms with Crippen molar-refractivity contribution < 1.29 is 17.9 Å². The number of methoxy groups -OCH3 is 1. The highest BCUT2D eigenvalue weighted by Gasteiger charge is 2.15. The van der Waals surface area contributed by atoms with Gasteiger partial charge in [0.15, 0.2) is 9.84 Å². The Bertz CT molecular complexity index is 716. The van der Waals surface area contributed by atoms with Crippen LogP contribution in [0.1, 0.15) is 16.1 Å². The van der Waals surface area contributed by atoms with E-state index in [1.807, 2.05) is 0 Å². The molecule has 1 aromatic carbocycles. The van der Waals surface area contributed by atoms with Gasteiger partial charge in [-0.15, -0.1) is 0 Å². The summed E-state index contributed by atoms with van der Waals surface area (Å²) in [5, 5.41) is 0.0266. The Morgan fingerprint density at radius 3 is 2.53 bits per heavy atom. The van der Waals surface area contributed by atoms with Crippen LogP contribution in [0, 0.1) is 0 Å². The minimum Gasteiger partial charge on any atom is -0.497 e. The number of aromatic nitrogens is 1. The molecule has 5 nitrogen and oxygen atoms in total. The van der Waals surface area contributed by atoms with Crippen molar-refractivity contribution in [3.63, 3.8) is 0 Å². The summed E-state index contributed by atoms with van der Waals surface area (Å²) in [6, 6.07) is 9.51. The lowest BCUT2D eigenvalue weighted by Gasteiger charge is -2.02. The fourth-order valence-corrected chi connectivity index (χ4v) is 2.25. The zero-order valence-corrected chi connectivity index (χ0v) is 11.3. The number of ether oxygens (including phenoxy) is 1. The number of H-pyrrole nitrogens is 1.